The number of ether oxygens (including phenoxy) is 2. The Kier molecular flexibility index (Phi) is 14.1. The molecule has 3 fully saturated rings. The van der Waals surface area contributed by atoms with Crippen molar-refractivity contribution in [2.24, 2.45) is 29.4 Å². The lowest BCUT2D eigenvalue weighted by Gasteiger charge is -2.33. The predicted octanol–water partition coefficient (Wildman–Crippen LogP) is 6.20. The standard InChI is InChI=1S/C40H55F3N6O8S2/c1-23(10-7-8-11-26-12-9-13-29(26)35(51)48-59(54,55)39(6)14-15-39)16-24(2)33(47-37(53)57-38(4,5)40(41,42)43)36(52)49-21-28(19-31(49)34(44)50)56-27-17-25(3)46-30(18-27)32-20-45-22-58-32/h8,11,17-18,20,22-24,26,28-29,31,33H,7,9-10,12-16,19,21H2,1-6H3,(H2,44,50)(H,47,53)(H,48,51)/b11-8-/t23-,24+,26+,28+,29?,31-,33-/m0/s1. The number of hydrogen-bond acceptors (Lipinski definition) is 11. The summed E-state index contributed by atoms with van der Waals surface area (Å²) in [5.41, 5.74) is 5.87. The highest BCUT2D eigenvalue weighted by atomic mass is 32.2. The molecule has 0 aromatic carbocycles. The first-order valence-electron chi connectivity index (χ1n) is 19.9. The number of sulfonamides is 1. The van der Waals surface area contributed by atoms with Crippen molar-refractivity contribution < 1.29 is 50.2 Å². The van der Waals surface area contributed by atoms with Crippen molar-refractivity contribution in [2.45, 2.75) is 134 Å². The number of hydrogen-bond donors (Lipinski definition) is 3. The molecular formula is C40H55F3N6O8S2. The molecule has 59 heavy (non-hydrogen) atoms. The van der Waals surface area contributed by atoms with Crippen LogP contribution >= 0.6 is 11.3 Å². The summed E-state index contributed by atoms with van der Waals surface area (Å²) < 4.78 is 78.7. The fourth-order valence-corrected chi connectivity index (χ4v) is 9.58. The van der Waals surface area contributed by atoms with E-state index >= 15 is 0 Å². The Morgan fingerprint density at radius 2 is 1.86 bits per heavy atom. The van der Waals surface area contributed by atoms with Crippen LogP contribution in [0.1, 0.15) is 98.1 Å². The van der Waals surface area contributed by atoms with E-state index in [2.05, 4.69) is 20.0 Å². The molecule has 4 amide bonds. The number of alkyl carbamates (subject to hydrolysis) is 1. The van der Waals surface area contributed by atoms with Gasteiger partial charge in [-0.15, -0.1) is 11.3 Å². The Hall–Kier alpha value is -4.26. The van der Waals surface area contributed by atoms with Crippen LogP contribution in [0.3, 0.4) is 0 Å². The molecule has 3 heterocycles. The first-order valence-corrected chi connectivity index (χ1v) is 22.3. The van der Waals surface area contributed by atoms with Gasteiger partial charge in [-0.05, 0) is 90.4 Å². The Morgan fingerprint density at radius 1 is 1.15 bits per heavy atom. The van der Waals surface area contributed by atoms with Gasteiger partial charge < -0.3 is 25.4 Å². The van der Waals surface area contributed by atoms with E-state index in [1.165, 1.54) is 16.2 Å². The van der Waals surface area contributed by atoms with Crippen molar-refractivity contribution in [1.82, 2.24) is 24.9 Å². The molecule has 7 atom stereocenters. The molecule has 2 aromatic rings. The molecule has 2 aliphatic carbocycles. The van der Waals surface area contributed by atoms with Crippen molar-refractivity contribution in [3.05, 3.63) is 41.7 Å². The van der Waals surface area contributed by atoms with Gasteiger partial charge in [0.15, 0.2) is 0 Å². The van der Waals surface area contributed by atoms with Gasteiger partial charge in [-0.2, -0.15) is 13.2 Å². The van der Waals surface area contributed by atoms with Crippen LogP contribution in [0.25, 0.3) is 10.6 Å². The lowest BCUT2D eigenvalue weighted by atomic mass is 9.87. The number of aromatic nitrogens is 2. The quantitative estimate of drug-likeness (QED) is 0.154. The molecular weight excluding hydrogens is 814 g/mol. The van der Waals surface area contributed by atoms with E-state index in [9.17, 15) is 40.8 Å². The van der Waals surface area contributed by atoms with Gasteiger partial charge in [-0.3, -0.25) is 29.1 Å². The number of pyridine rings is 1. The molecule has 1 unspecified atom stereocenters. The number of rotatable bonds is 17. The minimum atomic E-state index is -4.89. The first-order chi connectivity index (χ1) is 27.5. The highest BCUT2D eigenvalue weighted by molar-refractivity contribution is 7.91. The van der Waals surface area contributed by atoms with Crippen LogP contribution in [0.2, 0.25) is 0 Å². The minimum Gasteiger partial charge on any atom is -0.488 e. The summed E-state index contributed by atoms with van der Waals surface area (Å²) >= 11 is 1.39. The summed E-state index contributed by atoms with van der Waals surface area (Å²) in [6, 6.07) is 0.911. The molecule has 14 nitrogen and oxygen atoms in total. The maximum absolute atomic E-state index is 14.4. The van der Waals surface area contributed by atoms with Gasteiger partial charge in [-0.25, -0.2) is 13.2 Å². The SMILES string of the molecule is Cc1cc(O[C@@H]2C[C@@H](C(N)=O)N(C(=O)[C@@H](NC(=O)OC(C)(C)C(F)(F)F)[C@H](C)C[C@@H](C)CC/C=C\[C@@H]3CCCC3C(=O)NS(=O)(=O)C3(C)CC3)C2)cc(-c2cncs2)n1. The zero-order valence-electron chi connectivity index (χ0n) is 34.2. The van der Waals surface area contributed by atoms with Crippen LogP contribution < -0.4 is 20.5 Å². The number of primary amides is 1. The normalized spacial score (nSPS) is 23.4. The second-order valence-electron chi connectivity index (χ2n) is 17.0. The molecule has 2 aromatic heterocycles. The van der Waals surface area contributed by atoms with Crippen LogP contribution in [0.4, 0.5) is 18.0 Å². The molecule has 4 N–H and O–H groups in total. The molecule has 1 aliphatic heterocycles. The zero-order chi connectivity index (χ0) is 43.5. The first kappa shape index (κ1) is 45.8. The lowest BCUT2D eigenvalue weighted by molar-refractivity contribution is -0.244. The van der Waals surface area contributed by atoms with Gasteiger partial charge in [0.1, 0.15) is 23.9 Å². The number of aryl methyl sites for hydroxylation is 1. The van der Waals surface area contributed by atoms with Gasteiger partial charge in [0, 0.05) is 36.4 Å². The molecule has 326 valence electrons. The van der Waals surface area contributed by atoms with Crippen LogP contribution in [0, 0.1) is 30.6 Å². The summed E-state index contributed by atoms with van der Waals surface area (Å²) in [5.74, 6) is -2.82. The van der Waals surface area contributed by atoms with Gasteiger partial charge in [-0.1, -0.05) is 32.4 Å². The number of nitrogens with one attached hydrogen (secondary N) is 2. The number of nitrogens with zero attached hydrogens (tertiary/aromatic N) is 3. The Bertz CT molecular complexity index is 1990. The number of thiazole rings is 1. The van der Waals surface area contributed by atoms with E-state index < -0.39 is 80.4 Å². The van der Waals surface area contributed by atoms with Crippen molar-refractivity contribution >= 4 is 45.2 Å². The average molecular weight is 869 g/mol. The number of halogens is 3. The maximum atomic E-state index is 14.4. The highest BCUT2D eigenvalue weighted by Gasteiger charge is 2.53. The number of likely N-dealkylation sites (tertiary alicyclic amines) is 1. The maximum Gasteiger partial charge on any atom is 0.427 e. The predicted molar refractivity (Wildman–Crippen MR) is 214 cm³/mol. The third-order valence-corrected chi connectivity index (χ3v) is 14.6. The van der Waals surface area contributed by atoms with E-state index in [-0.39, 0.29) is 24.8 Å². The van der Waals surface area contributed by atoms with E-state index in [1.54, 1.807) is 44.6 Å². The molecule has 0 bridgehead atoms. The topological polar surface area (TPSA) is 200 Å². The summed E-state index contributed by atoms with van der Waals surface area (Å²) in [6.07, 6.45) is 3.33. The second-order valence-corrected chi connectivity index (χ2v) is 20.1. The Morgan fingerprint density at radius 3 is 2.49 bits per heavy atom. The fourth-order valence-electron chi connectivity index (χ4n) is 7.70. The van der Waals surface area contributed by atoms with Crippen molar-refractivity contribution in [1.29, 1.82) is 0 Å². The van der Waals surface area contributed by atoms with Gasteiger partial charge in [0.2, 0.25) is 33.3 Å². The summed E-state index contributed by atoms with van der Waals surface area (Å²) in [5, 5.41) is 2.38. The summed E-state index contributed by atoms with van der Waals surface area (Å²) in [7, 11) is -3.74. The third kappa shape index (κ3) is 11.3. The van der Waals surface area contributed by atoms with Crippen LogP contribution in [0.5, 0.6) is 5.75 Å². The van der Waals surface area contributed by atoms with Crippen molar-refractivity contribution in [2.75, 3.05) is 6.54 Å². The van der Waals surface area contributed by atoms with E-state index in [4.69, 9.17) is 15.2 Å². The summed E-state index contributed by atoms with van der Waals surface area (Å²) in [4.78, 5) is 63.7. The third-order valence-electron chi connectivity index (χ3n) is 11.7. The van der Waals surface area contributed by atoms with Crippen molar-refractivity contribution in [3.63, 3.8) is 0 Å². The number of amides is 4. The second kappa shape index (κ2) is 18.2. The Labute approximate surface area is 347 Å². The van der Waals surface area contributed by atoms with Crippen LogP contribution in [0.15, 0.2) is 36.0 Å². The molecule has 0 spiro atoms. The van der Waals surface area contributed by atoms with Crippen LogP contribution in [-0.4, -0.2) is 88.4 Å². The molecule has 3 aliphatic rings. The molecule has 1 saturated heterocycles. The zero-order valence-corrected chi connectivity index (χ0v) is 35.8. The molecule has 5 rings (SSSR count). The van der Waals surface area contributed by atoms with E-state index in [1.807, 2.05) is 19.1 Å². The smallest absolute Gasteiger partial charge is 0.427 e. The molecule has 19 heteroatoms. The monoisotopic (exact) mass is 868 g/mol. The van der Waals surface area contributed by atoms with Gasteiger partial charge >= 0.3 is 12.3 Å². The lowest BCUT2D eigenvalue weighted by Crippen LogP contribution is -2.56. The number of alkyl halides is 3. The van der Waals surface area contributed by atoms with E-state index in [0.717, 1.165) is 17.7 Å². The van der Waals surface area contributed by atoms with E-state index in [0.29, 0.717) is 69.5 Å². The Balaban J connectivity index is 1.25. The summed E-state index contributed by atoms with van der Waals surface area (Å²) in [6.45, 7) is 8.36. The number of nitrogens with two attached hydrogens (primary N) is 1. The number of carbonyl (C=O) groups is 4. The van der Waals surface area contributed by atoms with Crippen molar-refractivity contribution in [3.8, 4) is 16.3 Å². The highest BCUT2D eigenvalue weighted by Crippen LogP contribution is 2.43. The van der Waals surface area contributed by atoms with Crippen LogP contribution in [-0.2, 0) is 29.1 Å². The fraction of sp³-hybridized carbons (Fsp3) is 0.650. The minimum absolute atomic E-state index is 0.0342. The molecule has 2 saturated carbocycles. The largest absolute Gasteiger partial charge is 0.488 e. The average Bonchev–Trinajstić information content (AvgIpc) is 3.54. The number of allylic oxidation sites excluding steroid dienone is 2. The van der Waals surface area contributed by atoms with Gasteiger partial charge in [0.25, 0.3) is 0 Å². The van der Waals surface area contributed by atoms with Gasteiger partial charge in [0.05, 0.1) is 27.4 Å². The number of carbonyl (C=O) groups excluding carboxylic acids is 4. The molecule has 0 radical (unpaired) electrons.